The molecular formula is C24H18. The van der Waals surface area contributed by atoms with Crippen molar-refractivity contribution >= 4 is 27.6 Å². The number of rotatable bonds is 1. The Balaban J connectivity index is 1.74. The minimum atomic E-state index is 1.08. The van der Waals surface area contributed by atoms with Crippen LogP contribution in [0.4, 0.5) is 0 Å². The molecule has 0 amide bonds. The van der Waals surface area contributed by atoms with E-state index in [0.717, 1.165) is 6.42 Å². The highest BCUT2D eigenvalue weighted by Crippen LogP contribution is 2.35. The van der Waals surface area contributed by atoms with Crippen LogP contribution in [0.3, 0.4) is 0 Å². The lowest BCUT2D eigenvalue weighted by atomic mass is 9.94. The van der Waals surface area contributed by atoms with Crippen molar-refractivity contribution < 1.29 is 0 Å². The van der Waals surface area contributed by atoms with E-state index in [0.29, 0.717) is 0 Å². The van der Waals surface area contributed by atoms with E-state index in [1.807, 2.05) is 0 Å². The van der Waals surface area contributed by atoms with Crippen molar-refractivity contribution in [3.63, 3.8) is 0 Å². The Morgan fingerprint density at radius 3 is 2.25 bits per heavy atom. The molecule has 0 atom stereocenters. The summed E-state index contributed by atoms with van der Waals surface area (Å²) >= 11 is 0. The van der Waals surface area contributed by atoms with Crippen molar-refractivity contribution in [2.45, 2.75) is 13.3 Å². The maximum absolute atomic E-state index is 2.34. The first-order valence-corrected chi connectivity index (χ1v) is 8.50. The van der Waals surface area contributed by atoms with Gasteiger partial charge in [-0.2, -0.15) is 0 Å². The largest absolute Gasteiger partial charge is 0.0683 e. The van der Waals surface area contributed by atoms with Crippen LogP contribution in [0, 0.1) is 0 Å². The molecule has 0 spiro atoms. The summed E-state index contributed by atoms with van der Waals surface area (Å²) in [5.74, 6) is 0. The molecule has 0 fully saturated rings. The molecule has 0 saturated heterocycles. The second-order valence-corrected chi connectivity index (χ2v) is 6.81. The second kappa shape index (κ2) is 5.07. The molecule has 0 radical (unpaired) electrons. The van der Waals surface area contributed by atoms with Crippen LogP contribution in [0.1, 0.15) is 18.1 Å². The first-order chi connectivity index (χ1) is 11.8. The molecule has 5 rings (SSSR count). The molecule has 0 nitrogen and oxygen atoms in total. The van der Waals surface area contributed by atoms with Gasteiger partial charge in [0, 0.05) is 0 Å². The van der Waals surface area contributed by atoms with E-state index >= 15 is 0 Å². The summed E-state index contributed by atoms with van der Waals surface area (Å²) in [4.78, 5) is 0. The van der Waals surface area contributed by atoms with Gasteiger partial charge in [0.1, 0.15) is 0 Å². The Labute approximate surface area is 142 Å². The maximum atomic E-state index is 2.34. The van der Waals surface area contributed by atoms with Gasteiger partial charge in [-0.25, -0.2) is 0 Å². The van der Waals surface area contributed by atoms with Crippen molar-refractivity contribution in [1.29, 1.82) is 0 Å². The quantitative estimate of drug-likeness (QED) is 0.347. The van der Waals surface area contributed by atoms with Gasteiger partial charge in [-0.15, -0.1) is 0 Å². The van der Waals surface area contributed by atoms with Crippen molar-refractivity contribution in [1.82, 2.24) is 0 Å². The minimum Gasteiger partial charge on any atom is -0.0683 e. The third-order valence-corrected chi connectivity index (χ3v) is 5.07. The monoisotopic (exact) mass is 306 g/mol. The van der Waals surface area contributed by atoms with Gasteiger partial charge in [-0.3, -0.25) is 0 Å². The second-order valence-electron chi connectivity index (χ2n) is 6.81. The molecule has 4 aromatic carbocycles. The van der Waals surface area contributed by atoms with E-state index in [1.54, 1.807) is 0 Å². The van der Waals surface area contributed by atoms with Crippen molar-refractivity contribution in [2.75, 3.05) is 0 Å². The van der Waals surface area contributed by atoms with Crippen molar-refractivity contribution in [2.24, 2.45) is 0 Å². The van der Waals surface area contributed by atoms with E-state index in [4.69, 9.17) is 0 Å². The molecule has 0 heterocycles. The third kappa shape index (κ3) is 2.07. The maximum Gasteiger partial charge on any atom is -0.00604 e. The zero-order valence-corrected chi connectivity index (χ0v) is 13.7. The van der Waals surface area contributed by atoms with E-state index in [2.05, 4.69) is 85.8 Å². The molecule has 0 aliphatic heterocycles. The lowest BCUT2D eigenvalue weighted by Gasteiger charge is -2.10. The van der Waals surface area contributed by atoms with Gasteiger partial charge in [-0.05, 0) is 75.3 Å². The molecule has 1 aliphatic carbocycles. The highest BCUT2D eigenvalue weighted by molar-refractivity contribution is 6.00. The SMILES string of the molecule is CC1=Cc2c(cccc2-c2ccc3cc4ccccc4cc3c2)C1. The number of hydrogen-bond acceptors (Lipinski definition) is 0. The highest BCUT2D eigenvalue weighted by Gasteiger charge is 2.14. The zero-order chi connectivity index (χ0) is 16.1. The van der Waals surface area contributed by atoms with Crippen LogP contribution < -0.4 is 0 Å². The molecule has 0 aromatic heterocycles. The Morgan fingerprint density at radius 1 is 0.667 bits per heavy atom. The number of benzene rings is 4. The fraction of sp³-hybridized carbons (Fsp3) is 0.0833. The Kier molecular flexibility index (Phi) is 2.87. The topological polar surface area (TPSA) is 0 Å². The predicted molar refractivity (Wildman–Crippen MR) is 104 cm³/mol. The lowest BCUT2D eigenvalue weighted by Crippen LogP contribution is -1.87. The Morgan fingerprint density at radius 2 is 1.42 bits per heavy atom. The summed E-state index contributed by atoms with van der Waals surface area (Å²) in [5.41, 5.74) is 6.95. The predicted octanol–water partition coefficient (Wildman–Crippen LogP) is 6.62. The molecule has 0 unspecified atom stereocenters. The Hall–Kier alpha value is -2.86. The van der Waals surface area contributed by atoms with Crippen LogP contribution in [0.2, 0.25) is 0 Å². The first kappa shape index (κ1) is 13.6. The normalized spacial score (nSPS) is 13.3. The fourth-order valence-electron chi connectivity index (χ4n) is 3.89. The molecule has 0 bridgehead atoms. The van der Waals surface area contributed by atoms with Crippen LogP contribution in [0.15, 0.2) is 78.4 Å². The van der Waals surface area contributed by atoms with Crippen LogP contribution in [-0.4, -0.2) is 0 Å². The summed E-state index contributed by atoms with van der Waals surface area (Å²) in [6.45, 7) is 2.22. The summed E-state index contributed by atoms with van der Waals surface area (Å²) in [6, 6.07) is 26.7. The summed E-state index contributed by atoms with van der Waals surface area (Å²) in [6.07, 6.45) is 3.43. The van der Waals surface area contributed by atoms with E-state index in [-0.39, 0.29) is 0 Å². The molecular weight excluding hydrogens is 288 g/mol. The first-order valence-electron chi connectivity index (χ1n) is 8.50. The Bertz CT molecular complexity index is 1130. The van der Waals surface area contributed by atoms with Crippen LogP contribution in [0.25, 0.3) is 38.7 Å². The molecule has 0 heteroatoms. The molecule has 1 aliphatic rings. The van der Waals surface area contributed by atoms with Gasteiger partial charge in [0.25, 0.3) is 0 Å². The van der Waals surface area contributed by atoms with E-state index in [1.165, 1.54) is 49.4 Å². The van der Waals surface area contributed by atoms with Gasteiger partial charge in [-0.1, -0.05) is 66.2 Å². The number of allylic oxidation sites excluding steroid dienone is 1. The van der Waals surface area contributed by atoms with Crippen LogP contribution in [-0.2, 0) is 6.42 Å². The molecule has 0 N–H and O–H groups in total. The van der Waals surface area contributed by atoms with Crippen molar-refractivity contribution in [3.05, 3.63) is 89.5 Å². The molecule has 24 heavy (non-hydrogen) atoms. The molecule has 114 valence electrons. The van der Waals surface area contributed by atoms with Crippen LogP contribution >= 0.6 is 0 Å². The smallest absolute Gasteiger partial charge is 0.00604 e. The average molecular weight is 306 g/mol. The van der Waals surface area contributed by atoms with E-state index in [9.17, 15) is 0 Å². The molecule has 0 saturated carbocycles. The minimum absolute atomic E-state index is 1.08. The zero-order valence-electron chi connectivity index (χ0n) is 13.7. The summed E-state index contributed by atoms with van der Waals surface area (Å²) in [5, 5.41) is 5.22. The number of hydrogen-bond donors (Lipinski definition) is 0. The van der Waals surface area contributed by atoms with Gasteiger partial charge in [0.05, 0.1) is 0 Å². The van der Waals surface area contributed by atoms with E-state index < -0.39 is 0 Å². The van der Waals surface area contributed by atoms with Gasteiger partial charge in [0.2, 0.25) is 0 Å². The van der Waals surface area contributed by atoms with Gasteiger partial charge >= 0.3 is 0 Å². The van der Waals surface area contributed by atoms with Crippen molar-refractivity contribution in [3.8, 4) is 11.1 Å². The third-order valence-electron chi connectivity index (χ3n) is 5.07. The van der Waals surface area contributed by atoms with Gasteiger partial charge < -0.3 is 0 Å². The fourth-order valence-corrected chi connectivity index (χ4v) is 3.89. The average Bonchev–Trinajstić information content (AvgIpc) is 2.99. The lowest BCUT2D eigenvalue weighted by molar-refractivity contribution is 1.20. The highest BCUT2D eigenvalue weighted by atomic mass is 14.2. The standard InChI is InChI=1S/C24H18/c1-16-11-20-7-4-8-23(24(20)12-16)21-10-9-19-13-17-5-2-3-6-18(17)14-22(19)15-21/h2-10,12-15H,11H2,1H3. The summed E-state index contributed by atoms with van der Waals surface area (Å²) in [7, 11) is 0. The molecule has 4 aromatic rings. The van der Waals surface area contributed by atoms with Crippen LogP contribution in [0.5, 0.6) is 0 Å². The van der Waals surface area contributed by atoms with Gasteiger partial charge in [0.15, 0.2) is 0 Å². The number of fused-ring (bicyclic) bond motifs is 3. The summed E-state index contributed by atoms with van der Waals surface area (Å²) < 4.78 is 0.